The van der Waals surface area contributed by atoms with E-state index in [0.29, 0.717) is 6.42 Å². The van der Waals surface area contributed by atoms with Crippen LogP contribution < -0.4 is 10.1 Å². The van der Waals surface area contributed by atoms with Crippen molar-refractivity contribution in [1.82, 2.24) is 10.3 Å². The Morgan fingerprint density at radius 2 is 2.14 bits per heavy atom. The average molecular weight is 288 g/mol. The summed E-state index contributed by atoms with van der Waals surface area (Å²) in [6.07, 6.45) is 2.35. The number of halogens is 1. The third-order valence-corrected chi connectivity index (χ3v) is 3.17. The first-order valence-corrected chi connectivity index (χ1v) is 6.71. The molecular weight excluding hydrogens is 271 g/mol. The summed E-state index contributed by atoms with van der Waals surface area (Å²) in [5, 5.41) is 2.85. The summed E-state index contributed by atoms with van der Waals surface area (Å²) < 4.78 is 18.6. The second-order valence-corrected chi connectivity index (χ2v) is 4.51. The SMILES string of the molecule is CC[C@@H](NC(=O)c1cccc(F)c1OC)c1ccccn1. The number of nitrogens with one attached hydrogen (secondary N) is 1. The standard InChI is InChI=1S/C16H17FN2O2/c1-3-13(14-9-4-5-10-18-14)19-16(20)11-7-6-8-12(17)15(11)21-2/h4-10,13H,3H2,1-2H3,(H,19,20)/t13-/m1/s1. The van der Waals surface area contributed by atoms with Crippen molar-refractivity contribution in [2.75, 3.05) is 7.11 Å². The van der Waals surface area contributed by atoms with E-state index in [1.165, 1.54) is 25.3 Å². The molecular formula is C16H17FN2O2. The summed E-state index contributed by atoms with van der Waals surface area (Å²) in [5.41, 5.74) is 0.940. The molecule has 0 aliphatic carbocycles. The van der Waals surface area contributed by atoms with E-state index in [2.05, 4.69) is 10.3 Å². The first-order valence-electron chi connectivity index (χ1n) is 6.71. The fraction of sp³-hybridized carbons (Fsp3) is 0.250. The van der Waals surface area contributed by atoms with Crippen LogP contribution in [0.1, 0.15) is 35.4 Å². The molecule has 0 saturated carbocycles. The molecule has 2 rings (SSSR count). The Labute approximate surface area is 123 Å². The highest BCUT2D eigenvalue weighted by Gasteiger charge is 2.19. The van der Waals surface area contributed by atoms with Crippen molar-refractivity contribution in [1.29, 1.82) is 0 Å². The van der Waals surface area contributed by atoms with Gasteiger partial charge in [-0.1, -0.05) is 19.1 Å². The predicted octanol–water partition coefficient (Wildman–Crippen LogP) is 3.11. The molecule has 0 unspecified atom stereocenters. The van der Waals surface area contributed by atoms with E-state index in [9.17, 15) is 9.18 Å². The molecule has 1 aromatic heterocycles. The minimum Gasteiger partial charge on any atom is -0.493 e. The number of methoxy groups -OCH3 is 1. The molecule has 0 aliphatic heterocycles. The van der Waals surface area contributed by atoms with Crippen molar-refractivity contribution < 1.29 is 13.9 Å². The number of nitrogens with zero attached hydrogens (tertiary/aromatic N) is 1. The van der Waals surface area contributed by atoms with Gasteiger partial charge in [0, 0.05) is 6.20 Å². The van der Waals surface area contributed by atoms with Gasteiger partial charge in [-0.3, -0.25) is 9.78 Å². The van der Waals surface area contributed by atoms with Gasteiger partial charge in [0.15, 0.2) is 11.6 Å². The van der Waals surface area contributed by atoms with Crippen molar-refractivity contribution in [3.05, 3.63) is 59.7 Å². The molecule has 1 amide bonds. The summed E-state index contributed by atoms with van der Waals surface area (Å²) in [4.78, 5) is 16.6. The van der Waals surface area contributed by atoms with Gasteiger partial charge in [-0.05, 0) is 30.7 Å². The first kappa shape index (κ1) is 15.0. The predicted molar refractivity (Wildman–Crippen MR) is 77.7 cm³/mol. The molecule has 1 heterocycles. The quantitative estimate of drug-likeness (QED) is 0.919. The molecule has 4 nitrogen and oxygen atoms in total. The van der Waals surface area contributed by atoms with Gasteiger partial charge in [0.2, 0.25) is 0 Å². The zero-order valence-electron chi connectivity index (χ0n) is 12.0. The van der Waals surface area contributed by atoms with Gasteiger partial charge in [-0.25, -0.2) is 4.39 Å². The maximum absolute atomic E-state index is 13.6. The zero-order chi connectivity index (χ0) is 15.2. The molecule has 21 heavy (non-hydrogen) atoms. The van der Waals surface area contributed by atoms with E-state index >= 15 is 0 Å². The molecule has 1 atom stereocenters. The number of ether oxygens (including phenoxy) is 1. The number of hydrogen-bond donors (Lipinski definition) is 1. The van der Waals surface area contributed by atoms with E-state index in [4.69, 9.17) is 4.74 Å². The fourth-order valence-electron chi connectivity index (χ4n) is 2.10. The zero-order valence-corrected chi connectivity index (χ0v) is 12.0. The summed E-state index contributed by atoms with van der Waals surface area (Å²) in [6.45, 7) is 1.95. The highest BCUT2D eigenvalue weighted by atomic mass is 19.1. The maximum Gasteiger partial charge on any atom is 0.255 e. The normalized spacial score (nSPS) is 11.8. The van der Waals surface area contributed by atoms with Crippen molar-refractivity contribution in [2.45, 2.75) is 19.4 Å². The molecule has 2 aromatic rings. The fourth-order valence-corrected chi connectivity index (χ4v) is 2.10. The van der Waals surface area contributed by atoms with Crippen molar-refractivity contribution in [3.8, 4) is 5.75 Å². The molecule has 110 valence electrons. The van der Waals surface area contributed by atoms with Gasteiger partial charge in [-0.15, -0.1) is 0 Å². The van der Waals surface area contributed by atoms with Crippen LogP contribution in [0, 0.1) is 5.82 Å². The van der Waals surface area contributed by atoms with Crippen LogP contribution in [0.15, 0.2) is 42.6 Å². The molecule has 0 bridgehead atoms. The Kier molecular flexibility index (Phi) is 4.87. The summed E-state index contributed by atoms with van der Waals surface area (Å²) in [7, 11) is 1.34. The maximum atomic E-state index is 13.6. The summed E-state index contributed by atoms with van der Waals surface area (Å²) >= 11 is 0. The van der Waals surface area contributed by atoms with E-state index < -0.39 is 5.82 Å². The van der Waals surface area contributed by atoms with Crippen molar-refractivity contribution >= 4 is 5.91 Å². The van der Waals surface area contributed by atoms with Crippen LogP contribution in [0.25, 0.3) is 0 Å². The summed E-state index contributed by atoms with van der Waals surface area (Å²) in [6, 6.07) is 9.56. The molecule has 0 saturated heterocycles. The molecule has 1 aromatic carbocycles. The molecule has 1 N–H and O–H groups in total. The van der Waals surface area contributed by atoms with Crippen LogP contribution in [0.4, 0.5) is 4.39 Å². The van der Waals surface area contributed by atoms with Gasteiger partial charge in [0.1, 0.15) is 0 Å². The third kappa shape index (κ3) is 3.37. The number of rotatable bonds is 5. The van der Waals surface area contributed by atoms with E-state index in [-0.39, 0.29) is 23.3 Å². The second-order valence-electron chi connectivity index (χ2n) is 4.51. The van der Waals surface area contributed by atoms with Gasteiger partial charge in [0.05, 0.1) is 24.4 Å². The van der Waals surface area contributed by atoms with Crippen LogP contribution in [0.5, 0.6) is 5.75 Å². The summed E-state index contributed by atoms with van der Waals surface area (Å²) in [5.74, 6) is -0.995. The number of carbonyl (C=O) groups excluding carboxylic acids is 1. The Bertz CT molecular complexity index is 617. The van der Waals surface area contributed by atoms with E-state index in [0.717, 1.165) is 5.69 Å². The monoisotopic (exact) mass is 288 g/mol. The van der Waals surface area contributed by atoms with E-state index in [1.807, 2.05) is 25.1 Å². The van der Waals surface area contributed by atoms with Gasteiger partial charge in [0.25, 0.3) is 5.91 Å². The topological polar surface area (TPSA) is 51.2 Å². The number of amides is 1. The van der Waals surface area contributed by atoms with Crippen LogP contribution in [0.2, 0.25) is 0 Å². The largest absolute Gasteiger partial charge is 0.493 e. The average Bonchev–Trinajstić information content (AvgIpc) is 2.53. The van der Waals surface area contributed by atoms with E-state index in [1.54, 1.807) is 6.20 Å². The van der Waals surface area contributed by atoms with Gasteiger partial charge in [-0.2, -0.15) is 0 Å². The molecule has 0 radical (unpaired) electrons. The number of para-hydroxylation sites is 1. The lowest BCUT2D eigenvalue weighted by Gasteiger charge is -2.17. The molecule has 0 fully saturated rings. The lowest BCUT2D eigenvalue weighted by atomic mass is 10.1. The van der Waals surface area contributed by atoms with Crippen molar-refractivity contribution in [2.24, 2.45) is 0 Å². The lowest BCUT2D eigenvalue weighted by Crippen LogP contribution is -2.29. The lowest BCUT2D eigenvalue weighted by molar-refractivity contribution is 0.0930. The Morgan fingerprint density at radius 3 is 2.76 bits per heavy atom. The number of hydrogen-bond acceptors (Lipinski definition) is 3. The molecule has 5 heteroatoms. The highest BCUT2D eigenvalue weighted by molar-refractivity contribution is 5.97. The first-order chi connectivity index (χ1) is 10.2. The van der Waals surface area contributed by atoms with Gasteiger partial charge >= 0.3 is 0 Å². The van der Waals surface area contributed by atoms with Crippen LogP contribution >= 0.6 is 0 Å². The minimum absolute atomic E-state index is 0.0501. The molecule has 0 aliphatic rings. The third-order valence-electron chi connectivity index (χ3n) is 3.17. The number of carbonyl (C=O) groups is 1. The Balaban J connectivity index is 2.23. The highest BCUT2D eigenvalue weighted by Crippen LogP contribution is 2.23. The minimum atomic E-state index is -0.559. The number of benzene rings is 1. The Morgan fingerprint density at radius 1 is 1.33 bits per heavy atom. The van der Waals surface area contributed by atoms with Crippen molar-refractivity contribution in [3.63, 3.8) is 0 Å². The second kappa shape index (κ2) is 6.83. The number of aromatic nitrogens is 1. The van der Waals surface area contributed by atoms with Crippen LogP contribution in [-0.2, 0) is 0 Å². The molecule has 0 spiro atoms. The smallest absolute Gasteiger partial charge is 0.255 e. The Hall–Kier alpha value is -2.43. The number of pyridine rings is 1. The van der Waals surface area contributed by atoms with Crippen LogP contribution in [-0.4, -0.2) is 18.0 Å². The van der Waals surface area contributed by atoms with Crippen LogP contribution in [0.3, 0.4) is 0 Å². The van der Waals surface area contributed by atoms with Gasteiger partial charge < -0.3 is 10.1 Å².